The smallest absolute Gasteiger partial charge is 0.295 e. The molecule has 1 nitrogen and oxygen atoms in total. The molecule has 0 unspecified atom stereocenters. The van der Waals surface area contributed by atoms with E-state index in [1.807, 2.05) is 18.2 Å². The molecular formula is C19H18F3N. The second-order valence-corrected chi connectivity index (χ2v) is 5.78. The Balaban J connectivity index is 1.61. The van der Waals surface area contributed by atoms with Gasteiger partial charge in [0.2, 0.25) is 0 Å². The first-order valence-corrected chi connectivity index (χ1v) is 7.65. The lowest BCUT2D eigenvalue weighted by Gasteiger charge is -2.26. The molecule has 0 radical (unpaired) electrons. The molecule has 23 heavy (non-hydrogen) atoms. The van der Waals surface area contributed by atoms with E-state index in [9.17, 15) is 13.2 Å². The molecule has 0 saturated heterocycles. The monoisotopic (exact) mass is 317 g/mol. The molecule has 0 bridgehead atoms. The summed E-state index contributed by atoms with van der Waals surface area (Å²) in [5.41, 5.74) is 2.91. The van der Waals surface area contributed by atoms with Crippen LogP contribution >= 0.6 is 0 Å². The zero-order valence-electron chi connectivity index (χ0n) is 12.7. The van der Waals surface area contributed by atoms with Crippen molar-refractivity contribution in [3.05, 3.63) is 77.4 Å². The van der Waals surface area contributed by atoms with Gasteiger partial charge >= 0.3 is 6.18 Å². The van der Waals surface area contributed by atoms with Crippen molar-refractivity contribution in [2.75, 3.05) is 13.1 Å². The fourth-order valence-electron chi connectivity index (χ4n) is 2.83. The van der Waals surface area contributed by atoms with Crippen molar-refractivity contribution < 1.29 is 13.2 Å². The number of alkyl halides is 3. The fraction of sp³-hybridized carbons (Fsp3) is 0.263. The summed E-state index contributed by atoms with van der Waals surface area (Å²) in [6.07, 6.45) is -1.09. The molecule has 1 aliphatic rings. The second kappa shape index (κ2) is 6.59. The maximum absolute atomic E-state index is 12.6. The van der Waals surface area contributed by atoms with Crippen LogP contribution in [-0.2, 0) is 12.7 Å². The first-order chi connectivity index (χ1) is 11.0. The number of halogens is 3. The minimum atomic E-state index is -4.27. The predicted octanol–water partition coefficient (Wildman–Crippen LogP) is 4.99. The summed E-state index contributed by atoms with van der Waals surface area (Å²) in [5, 5.41) is 0. The van der Waals surface area contributed by atoms with Crippen molar-refractivity contribution in [2.45, 2.75) is 19.1 Å². The molecule has 0 fully saturated rings. The number of hydrogen-bond acceptors (Lipinski definition) is 1. The van der Waals surface area contributed by atoms with Crippen LogP contribution in [0.1, 0.15) is 23.1 Å². The SMILES string of the molecule is FC(F)(F)c1ccc(CN2CC=C(c3ccccc3)CC2)cc1. The Kier molecular flexibility index (Phi) is 4.53. The number of rotatable bonds is 3. The Morgan fingerprint density at radius 2 is 1.61 bits per heavy atom. The Morgan fingerprint density at radius 3 is 2.17 bits per heavy atom. The van der Waals surface area contributed by atoms with Crippen molar-refractivity contribution in [2.24, 2.45) is 0 Å². The summed E-state index contributed by atoms with van der Waals surface area (Å²) in [6.45, 7) is 2.42. The third-order valence-electron chi connectivity index (χ3n) is 4.13. The van der Waals surface area contributed by atoms with Gasteiger partial charge in [0.05, 0.1) is 5.56 Å². The Hall–Kier alpha value is -2.07. The van der Waals surface area contributed by atoms with Gasteiger partial charge < -0.3 is 0 Å². The maximum Gasteiger partial charge on any atom is 0.416 e. The first kappa shape index (κ1) is 15.8. The lowest BCUT2D eigenvalue weighted by molar-refractivity contribution is -0.137. The molecule has 3 rings (SSSR count). The van der Waals surface area contributed by atoms with E-state index in [1.165, 1.54) is 11.1 Å². The Labute approximate surface area is 134 Å². The summed E-state index contributed by atoms with van der Waals surface area (Å²) in [4.78, 5) is 2.25. The molecule has 0 aliphatic carbocycles. The summed E-state index contributed by atoms with van der Waals surface area (Å²) in [5.74, 6) is 0. The zero-order chi connectivity index (χ0) is 16.3. The van der Waals surface area contributed by atoms with Crippen LogP contribution in [0.15, 0.2) is 60.7 Å². The molecule has 2 aromatic rings. The largest absolute Gasteiger partial charge is 0.416 e. The van der Waals surface area contributed by atoms with Crippen molar-refractivity contribution in [3.8, 4) is 0 Å². The number of hydrogen-bond donors (Lipinski definition) is 0. The molecule has 0 atom stereocenters. The van der Waals surface area contributed by atoms with Gasteiger partial charge in [-0.3, -0.25) is 4.90 Å². The molecule has 1 aliphatic heterocycles. The highest BCUT2D eigenvalue weighted by atomic mass is 19.4. The topological polar surface area (TPSA) is 3.24 Å². The highest BCUT2D eigenvalue weighted by molar-refractivity contribution is 5.66. The summed E-state index contributed by atoms with van der Waals surface area (Å²) < 4.78 is 37.7. The standard InChI is InChI=1S/C19H18F3N/c20-19(21,22)18-8-6-15(7-9-18)14-23-12-10-17(11-13-23)16-4-2-1-3-5-16/h1-10H,11-14H2. The number of nitrogens with zero attached hydrogens (tertiary/aromatic N) is 1. The van der Waals surface area contributed by atoms with Crippen LogP contribution in [0.25, 0.3) is 5.57 Å². The lowest BCUT2D eigenvalue weighted by Crippen LogP contribution is -2.28. The van der Waals surface area contributed by atoms with E-state index in [0.29, 0.717) is 6.54 Å². The Bertz CT molecular complexity index is 672. The molecule has 0 aromatic heterocycles. The van der Waals surface area contributed by atoms with Crippen LogP contribution in [0, 0.1) is 0 Å². The van der Waals surface area contributed by atoms with Crippen molar-refractivity contribution >= 4 is 5.57 Å². The van der Waals surface area contributed by atoms with Gasteiger partial charge in [0.25, 0.3) is 0 Å². The molecule has 1 heterocycles. The molecule has 0 amide bonds. The molecule has 2 aromatic carbocycles. The Morgan fingerprint density at radius 1 is 0.913 bits per heavy atom. The third-order valence-corrected chi connectivity index (χ3v) is 4.13. The van der Waals surface area contributed by atoms with E-state index in [1.54, 1.807) is 12.1 Å². The van der Waals surface area contributed by atoms with Crippen LogP contribution in [0.3, 0.4) is 0 Å². The molecular weight excluding hydrogens is 299 g/mol. The van der Waals surface area contributed by atoms with E-state index in [0.717, 1.165) is 37.2 Å². The average molecular weight is 317 g/mol. The summed E-state index contributed by atoms with van der Waals surface area (Å²) in [7, 11) is 0. The van der Waals surface area contributed by atoms with Crippen LogP contribution in [0.2, 0.25) is 0 Å². The second-order valence-electron chi connectivity index (χ2n) is 5.78. The van der Waals surface area contributed by atoms with Gasteiger partial charge in [0.1, 0.15) is 0 Å². The van der Waals surface area contributed by atoms with Gasteiger partial charge in [0.15, 0.2) is 0 Å². The molecule has 0 spiro atoms. The minimum Gasteiger partial charge on any atom is -0.295 e. The number of benzene rings is 2. The van der Waals surface area contributed by atoms with Crippen molar-refractivity contribution in [1.82, 2.24) is 4.90 Å². The van der Waals surface area contributed by atoms with Gasteiger partial charge in [-0.15, -0.1) is 0 Å². The molecule has 0 saturated carbocycles. The normalized spacial score (nSPS) is 16.2. The fourth-order valence-corrected chi connectivity index (χ4v) is 2.83. The van der Waals surface area contributed by atoms with Gasteiger partial charge in [-0.05, 0) is 35.3 Å². The lowest BCUT2D eigenvalue weighted by atomic mass is 9.99. The van der Waals surface area contributed by atoms with Crippen molar-refractivity contribution in [1.29, 1.82) is 0 Å². The van der Waals surface area contributed by atoms with Crippen LogP contribution in [0.4, 0.5) is 13.2 Å². The minimum absolute atomic E-state index is 0.592. The van der Waals surface area contributed by atoms with E-state index in [4.69, 9.17) is 0 Å². The van der Waals surface area contributed by atoms with E-state index in [2.05, 4.69) is 23.1 Å². The average Bonchev–Trinajstić information content (AvgIpc) is 2.56. The van der Waals surface area contributed by atoms with Gasteiger partial charge in [-0.2, -0.15) is 13.2 Å². The quantitative estimate of drug-likeness (QED) is 0.770. The van der Waals surface area contributed by atoms with Crippen molar-refractivity contribution in [3.63, 3.8) is 0 Å². The first-order valence-electron chi connectivity index (χ1n) is 7.65. The summed E-state index contributed by atoms with van der Waals surface area (Å²) >= 11 is 0. The highest BCUT2D eigenvalue weighted by Crippen LogP contribution is 2.29. The third kappa shape index (κ3) is 4.02. The van der Waals surface area contributed by atoms with E-state index in [-0.39, 0.29) is 0 Å². The molecule has 120 valence electrons. The zero-order valence-corrected chi connectivity index (χ0v) is 12.7. The van der Waals surface area contributed by atoms with E-state index < -0.39 is 11.7 Å². The van der Waals surface area contributed by atoms with Gasteiger partial charge in [0, 0.05) is 19.6 Å². The van der Waals surface area contributed by atoms with Crippen LogP contribution in [0.5, 0.6) is 0 Å². The van der Waals surface area contributed by atoms with Crippen LogP contribution < -0.4 is 0 Å². The summed E-state index contributed by atoms with van der Waals surface area (Å²) in [6, 6.07) is 15.7. The van der Waals surface area contributed by atoms with Gasteiger partial charge in [-0.1, -0.05) is 48.5 Å². The molecule has 0 N–H and O–H groups in total. The van der Waals surface area contributed by atoms with E-state index >= 15 is 0 Å². The van der Waals surface area contributed by atoms with Crippen LogP contribution in [-0.4, -0.2) is 18.0 Å². The highest BCUT2D eigenvalue weighted by Gasteiger charge is 2.29. The predicted molar refractivity (Wildman–Crippen MR) is 85.8 cm³/mol. The molecule has 4 heteroatoms. The van der Waals surface area contributed by atoms with Gasteiger partial charge in [-0.25, -0.2) is 0 Å². The maximum atomic E-state index is 12.6.